The Morgan fingerprint density at radius 3 is 2.62 bits per heavy atom. The number of aryl methyl sites for hydroxylation is 1. The summed E-state index contributed by atoms with van der Waals surface area (Å²) in [6.45, 7) is 6.86. The van der Waals surface area contributed by atoms with Crippen molar-refractivity contribution >= 4 is 5.97 Å². The highest BCUT2D eigenvalue weighted by Gasteiger charge is 2.35. The first kappa shape index (κ1) is 15.7. The minimum Gasteiger partial charge on any atom is -0.481 e. The molecular weight excluding hydrogens is 272 g/mol. The number of rotatable bonds is 5. The third-order valence-corrected chi connectivity index (χ3v) is 4.12. The lowest BCUT2D eigenvalue weighted by Gasteiger charge is -2.29. The molecule has 1 unspecified atom stereocenters. The van der Waals surface area contributed by atoms with E-state index in [0.717, 1.165) is 12.1 Å². The number of hydrogen-bond acceptors (Lipinski definition) is 4. The molecule has 6 heteroatoms. The number of carboxylic acid groups (broad SMARTS) is 1. The number of hydrogen-bond donors (Lipinski definition) is 1. The van der Waals surface area contributed by atoms with Crippen LogP contribution in [0.15, 0.2) is 4.79 Å². The zero-order valence-electron chi connectivity index (χ0n) is 12.8. The molecule has 0 amide bonds. The molecule has 0 spiro atoms. The number of carbonyl (C=O) groups is 1. The average molecular weight is 294 g/mol. The molecule has 0 aliphatic carbocycles. The van der Waals surface area contributed by atoms with Crippen molar-refractivity contribution in [3.8, 4) is 0 Å². The van der Waals surface area contributed by atoms with Gasteiger partial charge in [-0.1, -0.05) is 13.8 Å². The van der Waals surface area contributed by atoms with E-state index in [1.807, 2.05) is 20.8 Å². The third-order valence-electron chi connectivity index (χ3n) is 4.12. The van der Waals surface area contributed by atoms with Gasteiger partial charge in [-0.2, -0.15) is 4.98 Å². The van der Waals surface area contributed by atoms with Crippen LogP contribution in [0.2, 0.25) is 0 Å². The number of aliphatic carboxylic acids is 1. The van der Waals surface area contributed by atoms with Gasteiger partial charge in [-0.15, -0.1) is 0 Å². The maximum absolute atomic E-state index is 12.5. The predicted octanol–water partition coefficient (Wildman–Crippen LogP) is 1.13. The van der Waals surface area contributed by atoms with E-state index < -0.39 is 11.5 Å². The lowest BCUT2D eigenvalue weighted by Crippen LogP contribution is -2.43. The summed E-state index contributed by atoms with van der Waals surface area (Å²) in [5.74, 6) is -0.903. The second-order valence-corrected chi connectivity index (χ2v) is 5.68. The molecule has 1 aliphatic rings. The number of ether oxygens (including phenoxy) is 1. The lowest BCUT2D eigenvalue weighted by molar-refractivity contribution is -0.136. The summed E-state index contributed by atoms with van der Waals surface area (Å²) < 4.78 is 7.11. The molecule has 6 nitrogen and oxygen atoms in total. The molecule has 21 heavy (non-hydrogen) atoms. The van der Waals surface area contributed by atoms with Crippen molar-refractivity contribution in [2.75, 3.05) is 13.2 Å². The van der Waals surface area contributed by atoms with E-state index in [9.17, 15) is 9.59 Å². The molecule has 1 fully saturated rings. The molecule has 2 heterocycles. The van der Waals surface area contributed by atoms with Gasteiger partial charge in [0.25, 0.3) is 0 Å². The Labute approximate surface area is 123 Å². The van der Waals surface area contributed by atoms with E-state index in [0.29, 0.717) is 37.3 Å². The summed E-state index contributed by atoms with van der Waals surface area (Å²) in [5, 5.41) is 9.16. The third kappa shape index (κ3) is 2.85. The molecule has 1 atom stereocenters. The Bertz CT molecular complexity index is 600. The maximum atomic E-state index is 12.5. The molecule has 0 radical (unpaired) electrons. The van der Waals surface area contributed by atoms with Gasteiger partial charge in [0.1, 0.15) is 0 Å². The molecule has 2 rings (SSSR count). The van der Waals surface area contributed by atoms with Crippen LogP contribution in [-0.2, 0) is 34.3 Å². The fraction of sp³-hybridized carbons (Fsp3) is 0.667. The van der Waals surface area contributed by atoms with Crippen molar-refractivity contribution in [2.45, 2.75) is 52.0 Å². The van der Waals surface area contributed by atoms with Gasteiger partial charge < -0.3 is 9.84 Å². The molecular formula is C15H22N2O4. The summed E-state index contributed by atoms with van der Waals surface area (Å²) in [4.78, 5) is 27.8. The highest BCUT2D eigenvalue weighted by Crippen LogP contribution is 2.28. The lowest BCUT2D eigenvalue weighted by atomic mass is 9.97. The average Bonchev–Trinajstić information content (AvgIpc) is 2.86. The molecule has 1 aliphatic heterocycles. The highest BCUT2D eigenvalue weighted by molar-refractivity contribution is 5.71. The van der Waals surface area contributed by atoms with Gasteiger partial charge in [0.15, 0.2) is 0 Å². The molecule has 1 aromatic heterocycles. The van der Waals surface area contributed by atoms with Crippen molar-refractivity contribution in [2.24, 2.45) is 0 Å². The van der Waals surface area contributed by atoms with Crippen LogP contribution < -0.4 is 5.69 Å². The molecule has 0 aromatic carbocycles. The number of carboxylic acids is 1. The van der Waals surface area contributed by atoms with E-state index >= 15 is 0 Å². The van der Waals surface area contributed by atoms with Crippen molar-refractivity contribution in [1.29, 1.82) is 0 Å². The Balaban J connectivity index is 2.69. The Morgan fingerprint density at radius 1 is 1.43 bits per heavy atom. The fourth-order valence-electron chi connectivity index (χ4n) is 3.06. The molecule has 1 aromatic rings. The first-order valence-electron chi connectivity index (χ1n) is 7.36. The van der Waals surface area contributed by atoms with Gasteiger partial charge >= 0.3 is 11.7 Å². The Kier molecular flexibility index (Phi) is 4.46. The molecule has 0 bridgehead atoms. The summed E-state index contributed by atoms with van der Waals surface area (Å²) in [6.07, 6.45) is 1.79. The first-order chi connectivity index (χ1) is 9.92. The van der Waals surface area contributed by atoms with Crippen molar-refractivity contribution in [3.05, 3.63) is 27.4 Å². The summed E-state index contributed by atoms with van der Waals surface area (Å²) in [5.41, 5.74) is 1.32. The second-order valence-electron chi connectivity index (χ2n) is 5.68. The van der Waals surface area contributed by atoms with Crippen LogP contribution in [0.1, 0.15) is 44.1 Å². The van der Waals surface area contributed by atoms with Crippen LogP contribution in [0, 0.1) is 0 Å². The smallest absolute Gasteiger partial charge is 0.348 e. The van der Waals surface area contributed by atoms with Gasteiger partial charge in [-0.25, -0.2) is 4.79 Å². The van der Waals surface area contributed by atoms with Gasteiger partial charge in [-0.05, 0) is 26.2 Å². The van der Waals surface area contributed by atoms with Gasteiger partial charge in [0.2, 0.25) is 0 Å². The van der Waals surface area contributed by atoms with Crippen molar-refractivity contribution < 1.29 is 14.6 Å². The van der Waals surface area contributed by atoms with E-state index in [2.05, 4.69) is 4.98 Å². The zero-order chi connectivity index (χ0) is 15.6. The number of nitrogens with zero attached hydrogens (tertiary/aromatic N) is 2. The van der Waals surface area contributed by atoms with E-state index in [4.69, 9.17) is 9.84 Å². The SMILES string of the molecule is CCc1nc(=O)n(C2(C)CCOC2)c(CC)c1CC(=O)O. The second kappa shape index (κ2) is 5.97. The maximum Gasteiger partial charge on any atom is 0.348 e. The summed E-state index contributed by atoms with van der Waals surface area (Å²) in [6, 6.07) is 0. The fourth-order valence-corrected chi connectivity index (χ4v) is 3.06. The number of aromatic nitrogens is 2. The van der Waals surface area contributed by atoms with Gasteiger partial charge in [0, 0.05) is 17.9 Å². The first-order valence-corrected chi connectivity index (χ1v) is 7.36. The minimum absolute atomic E-state index is 0.101. The normalized spacial score (nSPS) is 21.7. The molecule has 1 saturated heterocycles. The van der Waals surface area contributed by atoms with Crippen LogP contribution >= 0.6 is 0 Å². The zero-order valence-corrected chi connectivity index (χ0v) is 12.8. The van der Waals surface area contributed by atoms with Gasteiger partial charge in [0.05, 0.1) is 24.3 Å². The monoisotopic (exact) mass is 294 g/mol. The highest BCUT2D eigenvalue weighted by atomic mass is 16.5. The van der Waals surface area contributed by atoms with Crippen LogP contribution in [0.5, 0.6) is 0 Å². The molecule has 0 saturated carbocycles. The van der Waals surface area contributed by atoms with Crippen molar-refractivity contribution in [3.63, 3.8) is 0 Å². The van der Waals surface area contributed by atoms with Crippen LogP contribution in [0.3, 0.4) is 0 Å². The largest absolute Gasteiger partial charge is 0.481 e. The topological polar surface area (TPSA) is 81.4 Å². The van der Waals surface area contributed by atoms with Crippen molar-refractivity contribution in [1.82, 2.24) is 9.55 Å². The summed E-state index contributed by atoms with van der Waals surface area (Å²) in [7, 11) is 0. The summed E-state index contributed by atoms with van der Waals surface area (Å²) >= 11 is 0. The van der Waals surface area contributed by atoms with E-state index in [1.165, 1.54) is 0 Å². The van der Waals surface area contributed by atoms with E-state index in [-0.39, 0.29) is 12.1 Å². The van der Waals surface area contributed by atoms with Crippen LogP contribution in [-0.4, -0.2) is 33.8 Å². The van der Waals surface area contributed by atoms with Crippen LogP contribution in [0.4, 0.5) is 0 Å². The molecule has 116 valence electrons. The van der Waals surface area contributed by atoms with Gasteiger partial charge in [-0.3, -0.25) is 9.36 Å². The standard InChI is InChI=1S/C15H22N2O4/c1-4-11-10(8-13(18)19)12(5-2)17(14(20)16-11)15(3)6-7-21-9-15/h4-9H2,1-3H3,(H,18,19). The minimum atomic E-state index is -0.903. The molecule has 1 N–H and O–H groups in total. The quantitative estimate of drug-likeness (QED) is 0.880. The predicted molar refractivity (Wildman–Crippen MR) is 77.7 cm³/mol. The van der Waals surface area contributed by atoms with Crippen LogP contribution in [0.25, 0.3) is 0 Å². The Morgan fingerprint density at radius 2 is 2.14 bits per heavy atom. The Hall–Kier alpha value is -1.69. The van der Waals surface area contributed by atoms with E-state index in [1.54, 1.807) is 4.57 Å².